The second kappa shape index (κ2) is 9.15. The zero-order valence-corrected chi connectivity index (χ0v) is 10.4. The highest BCUT2D eigenvalue weighted by atomic mass is 16.2. The van der Waals surface area contributed by atoms with Crippen molar-refractivity contribution >= 4 is 12.3 Å². The molecule has 0 aliphatic carbocycles. The molecule has 0 aliphatic heterocycles. The highest BCUT2D eigenvalue weighted by molar-refractivity contribution is 5.81. The molecule has 16 heavy (non-hydrogen) atoms. The molecule has 2 amide bonds. The van der Waals surface area contributed by atoms with Crippen molar-refractivity contribution in [3.63, 3.8) is 0 Å². The smallest absolute Gasteiger partial charge is 0.237 e. The van der Waals surface area contributed by atoms with Crippen LogP contribution in [0.4, 0.5) is 0 Å². The molecular formula is C11H23N3O2. The third kappa shape index (κ3) is 7.23. The molecule has 5 nitrogen and oxygen atoms in total. The van der Waals surface area contributed by atoms with Gasteiger partial charge in [0.25, 0.3) is 0 Å². The van der Waals surface area contributed by atoms with Gasteiger partial charge in [-0.05, 0) is 40.2 Å². The molecule has 0 fully saturated rings. The maximum Gasteiger partial charge on any atom is 0.237 e. The molecule has 5 heteroatoms. The number of hydrogen-bond acceptors (Lipinski definition) is 3. The van der Waals surface area contributed by atoms with Gasteiger partial charge in [0.2, 0.25) is 12.3 Å². The molecule has 0 aromatic carbocycles. The van der Waals surface area contributed by atoms with Crippen molar-refractivity contribution in [2.45, 2.75) is 45.2 Å². The Morgan fingerprint density at radius 3 is 2.50 bits per heavy atom. The molecule has 0 saturated carbocycles. The van der Waals surface area contributed by atoms with E-state index < -0.39 is 0 Å². The normalized spacial score (nSPS) is 12.2. The van der Waals surface area contributed by atoms with Gasteiger partial charge in [0.15, 0.2) is 0 Å². The van der Waals surface area contributed by atoms with E-state index in [0.717, 1.165) is 19.3 Å². The Morgan fingerprint density at radius 1 is 1.31 bits per heavy atom. The fourth-order valence-electron chi connectivity index (χ4n) is 1.43. The monoisotopic (exact) mass is 229 g/mol. The van der Waals surface area contributed by atoms with Crippen LogP contribution in [0.15, 0.2) is 0 Å². The standard InChI is InChI=1S/C11H23N3O2/c1-9(2)14-11(16)10(12-3)6-4-5-7-13-8-15/h8-10,12H,4-7H2,1-3H3,(H,13,15)(H,14,16). The fraction of sp³-hybridized carbons (Fsp3) is 0.818. The zero-order valence-electron chi connectivity index (χ0n) is 10.4. The number of rotatable bonds is 9. The summed E-state index contributed by atoms with van der Waals surface area (Å²) in [6.45, 7) is 4.56. The van der Waals surface area contributed by atoms with E-state index in [1.54, 1.807) is 7.05 Å². The summed E-state index contributed by atoms with van der Waals surface area (Å²) < 4.78 is 0. The molecule has 0 aliphatic rings. The van der Waals surface area contributed by atoms with Crippen molar-refractivity contribution in [1.29, 1.82) is 0 Å². The van der Waals surface area contributed by atoms with Crippen LogP contribution < -0.4 is 16.0 Å². The van der Waals surface area contributed by atoms with E-state index >= 15 is 0 Å². The van der Waals surface area contributed by atoms with Crippen LogP contribution in [0.2, 0.25) is 0 Å². The summed E-state index contributed by atoms with van der Waals surface area (Å²) in [5.41, 5.74) is 0. The molecule has 0 radical (unpaired) electrons. The van der Waals surface area contributed by atoms with Gasteiger partial charge in [0.05, 0.1) is 6.04 Å². The SMILES string of the molecule is CNC(CCCCNC=O)C(=O)NC(C)C. The van der Waals surface area contributed by atoms with Gasteiger partial charge in [-0.2, -0.15) is 0 Å². The molecule has 0 bridgehead atoms. The Kier molecular flexibility index (Phi) is 8.52. The summed E-state index contributed by atoms with van der Waals surface area (Å²) in [6.07, 6.45) is 3.29. The van der Waals surface area contributed by atoms with Crippen LogP contribution in [-0.4, -0.2) is 38.0 Å². The first-order chi connectivity index (χ1) is 7.61. The van der Waals surface area contributed by atoms with E-state index in [-0.39, 0.29) is 18.0 Å². The van der Waals surface area contributed by atoms with Gasteiger partial charge in [0, 0.05) is 12.6 Å². The van der Waals surface area contributed by atoms with Crippen LogP contribution >= 0.6 is 0 Å². The van der Waals surface area contributed by atoms with Crippen LogP contribution in [0, 0.1) is 0 Å². The fourth-order valence-corrected chi connectivity index (χ4v) is 1.43. The lowest BCUT2D eigenvalue weighted by atomic mass is 10.1. The molecular weight excluding hydrogens is 206 g/mol. The van der Waals surface area contributed by atoms with Gasteiger partial charge in [-0.1, -0.05) is 0 Å². The summed E-state index contributed by atoms with van der Waals surface area (Å²) in [5, 5.41) is 8.47. The topological polar surface area (TPSA) is 70.2 Å². The first kappa shape index (κ1) is 14.9. The molecule has 94 valence electrons. The zero-order chi connectivity index (χ0) is 12.4. The van der Waals surface area contributed by atoms with Gasteiger partial charge in [-0.15, -0.1) is 0 Å². The van der Waals surface area contributed by atoms with Crippen LogP contribution in [0.3, 0.4) is 0 Å². The second-order valence-electron chi connectivity index (χ2n) is 4.07. The van der Waals surface area contributed by atoms with E-state index in [4.69, 9.17) is 0 Å². The van der Waals surface area contributed by atoms with E-state index in [1.807, 2.05) is 13.8 Å². The van der Waals surface area contributed by atoms with Crippen LogP contribution in [0.25, 0.3) is 0 Å². The Morgan fingerprint density at radius 2 is 2.00 bits per heavy atom. The second-order valence-corrected chi connectivity index (χ2v) is 4.07. The predicted octanol–water partition coefficient (Wildman–Crippen LogP) is 0.0153. The first-order valence-electron chi connectivity index (χ1n) is 5.76. The summed E-state index contributed by atoms with van der Waals surface area (Å²) in [4.78, 5) is 21.7. The van der Waals surface area contributed by atoms with E-state index in [2.05, 4.69) is 16.0 Å². The van der Waals surface area contributed by atoms with Crippen molar-refractivity contribution in [3.8, 4) is 0 Å². The number of carbonyl (C=O) groups excluding carboxylic acids is 2. The number of unbranched alkanes of at least 4 members (excludes halogenated alkanes) is 1. The molecule has 0 aromatic rings. The van der Waals surface area contributed by atoms with Crippen LogP contribution in [0.5, 0.6) is 0 Å². The average Bonchev–Trinajstić information content (AvgIpc) is 2.22. The first-order valence-corrected chi connectivity index (χ1v) is 5.76. The highest BCUT2D eigenvalue weighted by Gasteiger charge is 2.15. The largest absolute Gasteiger partial charge is 0.359 e. The lowest BCUT2D eigenvalue weighted by molar-refractivity contribution is -0.123. The highest BCUT2D eigenvalue weighted by Crippen LogP contribution is 2.00. The van der Waals surface area contributed by atoms with Crippen molar-refractivity contribution in [2.75, 3.05) is 13.6 Å². The van der Waals surface area contributed by atoms with Gasteiger partial charge in [0.1, 0.15) is 0 Å². The quantitative estimate of drug-likeness (QED) is 0.385. The summed E-state index contributed by atoms with van der Waals surface area (Å²) in [6, 6.07) is 0.0266. The third-order valence-corrected chi connectivity index (χ3v) is 2.24. The molecule has 3 N–H and O–H groups in total. The Bertz CT molecular complexity index is 207. The van der Waals surface area contributed by atoms with E-state index in [9.17, 15) is 9.59 Å². The lowest BCUT2D eigenvalue weighted by Gasteiger charge is -2.17. The molecule has 0 rings (SSSR count). The summed E-state index contributed by atoms with van der Waals surface area (Å²) in [7, 11) is 1.79. The average molecular weight is 229 g/mol. The minimum absolute atomic E-state index is 0.0425. The summed E-state index contributed by atoms with van der Waals surface area (Å²) in [5.74, 6) is 0.0425. The third-order valence-electron chi connectivity index (χ3n) is 2.24. The molecule has 1 unspecified atom stereocenters. The number of nitrogens with one attached hydrogen (secondary N) is 3. The number of amides is 2. The number of hydrogen-bond donors (Lipinski definition) is 3. The predicted molar refractivity (Wildman–Crippen MR) is 64.0 cm³/mol. The van der Waals surface area contributed by atoms with E-state index in [0.29, 0.717) is 13.0 Å². The Hall–Kier alpha value is -1.10. The van der Waals surface area contributed by atoms with Crippen molar-refractivity contribution in [3.05, 3.63) is 0 Å². The van der Waals surface area contributed by atoms with Gasteiger partial charge in [-0.3, -0.25) is 9.59 Å². The van der Waals surface area contributed by atoms with Crippen molar-refractivity contribution in [2.24, 2.45) is 0 Å². The maximum absolute atomic E-state index is 11.7. The number of carbonyl (C=O) groups is 2. The molecule has 0 spiro atoms. The van der Waals surface area contributed by atoms with Gasteiger partial charge >= 0.3 is 0 Å². The lowest BCUT2D eigenvalue weighted by Crippen LogP contribution is -2.45. The van der Waals surface area contributed by atoms with Crippen molar-refractivity contribution < 1.29 is 9.59 Å². The van der Waals surface area contributed by atoms with Crippen molar-refractivity contribution in [1.82, 2.24) is 16.0 Å². The molecule has 0 saturated heterocycles. The molecule has 0 heterocycles. The molecule has 0 aromatic heterocycles. The van der Waals surface area contributed by atoms with Gasteiger partial charge < -0.3 is 16.0 Å². The Balaban J connectivity index is 3.73. The summed E-state index contributed by atoms with van der Waals surface area (Å²) >= 11 is 0. The van der Waals surface area contributed by atoms with Crippen LogP contribution in [0.1, 0.15) is 33.1 Å². The minimum atomic E-state index is -0.140. The molecule has 1 atom stereocenters. The number of likely N-dealkylation sites (N-methyl/N-ethyl adjacent to an activating group) is 1. The minimum Gasteiger partial charge on any atom is -0.359 e. The Labute approximate surface area is 97.4 Å². The van der Waals surface area contributed by atoms with Crippen LogP contribution in [-0.2, 0) is 9.59 Å². The van der Waals surface area contributed by atoms with Gasteiger partial charge in [-0.25, -0.2) is 0 Å². The maximum atomic E-state index is 11.7. The van der Waals surface area contributed by atoms with E-state index in [1.165, 1.54) is 0 Å².